The third-order valence-electron chi connectivity index (χ3n) is 2.67. The molecular weight excluding hydrogens is 301 g/mol. The zero-order valence-electron chi connectivity index (χ0n) is 8.34. The van der Waals surface area contributed by atoms with Crippen molar-refractivity contribution in [3.63, 3.8) is 0 Å². The lowest BCUT2D eigenvalue weighted by Crippen LogP contribution is -2.33. The summed E-state index contributed by atoms with van der Waals surface area (Å²) in [5.41, 5.74) is 0.683. The van der Waals surface area contributed by atoms with E-state index < -0.39 is 23.7 Å². The zero-order chi connectivity index (χ0) is 12.8. The topological polar surface area (TPSA) is 34.1 Å². The maximum Gasteiger partial charge on any atom is 0.450 e. The van der Waals surface area contributed by atoms with Gasteiger partial charge in [0.15, 0.2) is 5.78 Å². The minimum absolute atomic E-state index is 0.167. The zero-order valence-corrected chi connectivity index (χ0v) is 9.93. The Hall–Kier alpha value is -1.17. The van der Waals surface area contributed by atoms with Crippen molar-refractivity contribution in [2.24, 2.45) is 5.92 Å². The van der Waals surface area contributed by atoms with E-state index in [-0.39, 0.29) is 12.0 Å². The van der Waals surface area contributed by atoms with Gasteiger partial charge in [0.2, 0.25) is 5.78 Å². The molecule has 1 aromatic carbocycles. The van der Waals surface area contributed by atoms with Gasteiger partial charge in [0.25, 0.3) is 0 Å². The largest absolute Gasteiger partial charge is 0.450 e. The van der Waals surface area contributed by atoms with E-state index in [0.717, 1.165) is 0 Å². The molecule has 0 aromatic heterocycles. The summed E-state index contributed by atoms with van der Waals surface area (Å²) < 4.78 is 37.4. The normalized spacial score (nSPS) is 19.3. The first-order valence-corrected chi connectivity index (χ1v) is 5.53. The molecule has 0 fully saturated rings. The third-order valence-corrected chi connectivity index (χ3v) is 3.17. The van der Waals surface area contributed by atoms with Crippen molar-refractivity contribution in [3.05, 3.63) is 33.8 Å². The second kappa shape index (κ2) is 3.94. The van der Waals surface area contributed by atoms with E-state index in [0.29, 0.717) is 10.0 Å². The van der Waals surface area contributed by atoms with Crippen LogP contribution < -0.4 is 0 Å². The van der Waals surface area contributed by atoms with Gasteiger partial charge in [-0.05, 0) is 24.1 Å². The maximum atomic E-state index is 12.3. The highest BCUT2D eigenvalue weighted by atomic mass is 79.9. The molecule has 2 rings (SSSR count). The summed E-state index contributed by atoms with van der Waals surface area (Å²) in [6.07, 6.45) is -5.13. The molecule has 0 saturated carbocycles. The maximum absolute atomic E-state index is 12.3. The van der Waals surface area contributed by atoms with Crippen molar-refractivity contribution in [1.82, 2.24) is 0 Å². The Morgan fingerprint density at radius 3 is 2.59 bits per heavy atom. The lowest BCUT2D eigenvalue weighted by Gasteiger charge is -2.09. The van der Waals surface area contributed by atoms with Crippen molar-refractivity contribution in [2.45, 2.75) is 12.6 Å². The van der Waals surface area contributed by atoms with E-state index in [1.165, 1.54) is 6.07 Å². The van der Waals surface area contributed by atoms with Gasteiger partial charge in [-0.25, -0.2) is 0 Å². The molecule has 0 saturated heterocycles. The van der Waals surface area contributed by atoms with Crippen molar-refractivity contribution in [3.8, 4) is 0 Å². The summed E-state index contributed by atoms with van der Waals surface area (Å²) in [5, 5.41) is 0. The van der Waals surface area contributed by atoms with Crippen LogP contribution in [0, 0.1) is 5.92 Å². The van der Waals surface area contributed by atoms with Crippen molar-refractivity contribution >= 4 is 27.5 Å². The quantitative estimate of drug-likeness (QED) is 0.748. The van der Waals surface area contributed by atoms with E-state index in [1.807, 2.05) is 0 Å². The summed E-state index contributed by atoms with van der Waals surface area (Å²) in [4.78, 5) is 22.8. The van der Waals surface area contributed by atoms with Crippen LogP contribution in [-0.4, -0.2) is 17.7 Å². The van der Waals surface area contributed by atoms with Gasteiger partial charge in [-0.2, -0.15) is 13.2 Å². The second-order valence-corrected chi connectivity index (χ2v) is 4.70. The molecule has 0 heterocycles. The lowest BCUT2D eigenvalue weighted by atomic mass is 9.99. The van der Waals surface area contributed by atoms with Crippen LogP contribution in [0.1, 0.15) is 15.9 Å². The molecule has 6 heteroatoms. The molecule has 0 N–H and O–H groups in total. The number of alkyl halides is 3. The lowest BCUT2D eigenvalue weighted by molar-refractivity contribution is -0.173. The first kappa shape index (κ1) is 12.3. The number of ketones is 2. The predicted molar refractivity (Wildman–Crippen MR) is 56.7 cm³/mol. The van der Waals surface area contributed by atoms with Gasteiger partial charge in [-0.3, -0.25) is 9.59 Å². The number of rotatable bonds is 1. The van der Waals surface area contributed by atoms with E-state index in [2.05, 4.69) is 15.9 Å². The summed E-state index contributed by atoms with van der Waals surface area (Å²) in [6, 6.07) is 4.63. The second-order valence-electron chi connectivity index (χ2n) is 3.78. The molecule has 90 valence electrons. The highest BCUT2D eigenvalue weighted by Crippen LogP contribution is 2.33. The first-order valence-electron chi connectivity index (χ1n) is 4.74. The molecule has 0 radical (unpaired) electrons. The number of fused-ring (bicyclic) bond motifs is 1. The summed E-state index contributed by atoms with van der Waals surface area (Å²) in [7, 11) is 0. The smallest absolute Gasteiger partial charge is 0.293 e. The molecule has 1 atom stereocenters. The van der Waals surface area contributed by atoms with E-state index in [1.54, 1.807) is 12.1 Å². The Kier molecular flexibility index (Phi) is 2.85. The fourth-order valence-corrected chi connectivity index (χ4v) is 2.23. The Bertz CT molecular complexity index is 508. The molecule has 1 unspecified atom stereocenters. The van der Waals surface area contributed by atoms with Crippen molar-refractivity contribution in [1.29, 1.82) is 0 Å². The number of hydrogen-bond acceptors (Lipinski definition) is 2. The highest BCUT2D eigenvalue weighted by molar-refractivity contribution is 9.10. The Morgan fingerprint density at radius 2 is 2.00 bits per heavy atom. The van der Waals surface area contributed by atoms with E-state index >= 15 is 0 Å². The molecule has 17 heavy (non-hydrogen) atoms. The number of halogens is 4. The fourth-order valence-electron chi connectivity index (χ4n) is 1.87. The summed E-state index contributed by atoms with van der Waals surface area (Å²) in [5.74, 6) is -4.32. The molecule has 0 spiro atoms. The third kappa shape index (κ3) is 2.13. The molecular formula is C11H6BrF3O2. The van der Waals surface area contributed by atoms with Crippen LogP contribution >= 0.6 is 15.9 Å². The average molecular weight is 307 g/mol. The molecule has 1 aliphatic rings. The van der Waals surface area contributed by atoms with E-state index in [4.69, 9.17) is 0 Å². The van der Waals surface area contributed by atoms with Gasteiger partial charge in [-0.15, -0.1) is 0 Å². The Balaban J connectivity index is 2.35. The summed E-state index contributed by atoms with van der Waals surface area (Å²) in [6.45, 7) is 0. The molecule has 2 nitrogen and oxygen atoms in total. The predicted octanol–water partition coefficient (Wildman–Crippen LogP) is 2.94. The van der Waals surface area contributed by atoms with Crippen LogP contribution in [0.2, 0.25) is 0 Å². The van der Waals surface area contributed by atoms with Crippen molar-refractivity contribution < 1.29 is 22.8 Å². The number of Topliss-reactive ketones (excluding diaryl/α,β-unsaturated/α-hetero) is 2. The van der Waals surface area contributed by atoms with Gasteiger partial charge < -0.3 is 0 Å². The van der Waals surface area contributed by atoms with Crippen LogP contribution in [0.25, 0.3) is 0 Å². The van der Waals surface area contributed by atoms with Gasteiger partial charge in [0.1, 0.15) is 0 Å². The standard InChI is InChI=1S/C11H6BrF3O2/c12-6-2-1-5-3-8(9(16)7(5)4-6)10(17)11(13,14)15/h1-2,4,8H,3H2. The highest BCUT2D eigenvalue weighted by Gasteiger charge is 2.48. The van der Waals surface area contributed by atoms with Crippen LogP contribution in [0.5, 0.6) is 0 Å². The molecule has 0 bridgehead atoms. The first-order chi connectivity index (χ1) is 7.80. The van der Waals surface area contributed by atoms with E-state index in [9.17, 15) is 22.8 Å². The van der Waals surface area contributed by atoms with Crippen molar-refractivity contribution in [2.75, 3.05) is 0 Å². The number of carbonyl (C=O) groups is 2. The van der Waals surface area contributed by atoms with Crippen LogP contribution in [0.3, 0.4) is 0 Å². The Labute approximate surface area is 103 Å². The monoisotopic (exact) mass is 306 g/mol. The molecule has 1 aliphatic carbocycles. The van der Waals surface area contributed by atoms with Crippen LogP contribution in [0.4, 0.5) is 13.2 Å². The number of carbonyl (C=O) groups excluding carboxylic acids is 2. The molecule has 1 aromatic rings. The van der Waals surface area contributed by atoms with Gasteiger partial charge >= 0.3 is 6.18 Å². The van der Waals surface area contributed by atoms with Gasteiger partial charge in [-0.1, -0.05) is 22.0 Å². The Morgan fingerprint density at radius 1 is 1.35 bits per heavy atom. The SMILES string of the molecule is O=C1c2cc(Br)ccc2CC1C(=O)C(F)(F)F. The number of benzene rings is 1. The fraction of sp³-hybridized carbons (Fsp3) is 0.273. The van der Waals surface area contributed by atoms with Crippen LogP contribution in [-0.2, 0) is 11.2 Å². The average Bonchev–Trinajstić information content (AvgIpc) is 2.54. The summed E-state index contributed by atoms with van der Waals surface area (Å²) >= 11 is 3.13. The van der Waals surface area contributed by atoms with Crippen LogP contribution in [0.15, 0.2) is 22.7 Å². The van der Waals surface area contributed by atoms with Gasteiger partial charge in [0.05, 0.1) is 5.92 Å². The molecule has 0 aliphatic heterocycles. The minimum atomic E-state index is -4.96. The minimum Gasteiger partial charge on any atom is -0.293 e. The number of hydrogen-bond donors (Lipinski definition) is 0. The van der Waals surface area contributed by atoms with Gasteiger partial charge in [0, 0.05) is 10.0 Å². The molecule has 0 amide bonds.